The first-order chi connectivity index (χ1) is 15.7. The normalized spacial score (nSPS) is 11.2. The highest BCUT2D eigenvalue weighted by atomic mass is 35.5. The summed E-state index contributed by atoms with van der Waals surface area (Å²) < 4.78 is 33.9. The number of rotatable bonds is 8. The maximum absolute atomic E-state index is 13.8. The van der Waals surface area contributed by atoms with Crippen molar-refractivity contribution in [3.05, 3.63) is 82.4 Å². The van der Waals surface area contributed by atoms with Crippen molar-refractivity contribution in [2.45, 2.75) is 32.1 Å². The van der Waals surface area contributed by atoms with Gasteiger partial charge in [-0.15, -0.1) is 0 Å². The molecule has 0 aliphatic heterocycles. The number of carbonyl (C=O) groups excluding carboxylic acids is 1. The number of hydrogen-bond donors (Lipinski definition) is 1. The van der Waals surface area contributed by atoms with Crippen molar-refractivity contribution in [2.75, 3.05) is 23.3 Å². The van der Waals surface area contributed by atoms with Crippen molar-refractivity contribution in [3.63, 3.8) is 0 Å². The molecule has 0 aliphatic carbocycles. The molecule has 3 aromatic carbocycles. The molecule has 0 saturated carbocycles. The van der Waals surface area contributed by atoms with Crippen LogP contribution in [0.3, 0.4) is 0 Å². The van der Waals surface area contributed by atoms with Crippen molar-refractivity contribution >= 4 is 38.9 Å². The summed E-state index contributed by atoms with van der Waals surface area (Å²) in [4.78, 5) is 13.1. The monoisotopic (exact) mass is 486 g/mol. The molecule has 0 aliphatic rings. The van der Waals surface area contributed by atoms with Crippen LogP contribution in [-0.2, 0) is 21.2 Å². The van der Waals surface area contributed by atoms with Gasteiger partial charge < -0.3 is 10.1 Å². The topological polar surface area (TPSA) is 75.7 Å². The van der Waals surface area contributed by atoms with Crippen LogP contribution in [0.15, 0.2) is 65.6 Å². The van der Waals surface area contributed by atoms with Gasteiger partial charge in [0.05, 0.1) is 12.8 Å². The van der Waals surface area contributed by atoms with Gasteiger partial charge in [0.2, 0.25) is 5.91 Å². The zero-order chi connectivity index (χ0) is 24.2. The number of anilines is 2. The largest absolute Gasteiger partial charge is 0.495 e. The molecule has 0 fully saturated rings. The molecular formula is C25H27ClN2O4S. The molecule has 174 valence electrons. The van der Waals surface area contributed by atoms with E-state index in [-0.39, 0.29) is 10.6 Å². The van der Waals surface area contributed by atoms with Gasteiger partial charge in [-0.25, -0.2) is 8.42 Å². The first kappa shape index (κ1) is 24.6. The summed E-state index contributed by atoms with van der Waals surface area (Å²) >= 11 is 6.01. The molecule has 0 saturated heterocycles. The number of methoxy groups -OCH3 is 1. The Morgan fingerprint density at radius 3 is 2.39 bits per heavy atom. The van der Waals surface area contributed by atoms with Crippen LogP contribution in [0.5, 0.6) is 5.75 Å². The second-order valence-electron chi connectivity index (χ2n) is 7.65. The molecule has 0 radical (unpaired) electrons. The molecule has 1 N–H and O–H groups in total. The van der Waals surface area contributed by atoms with Gasteiger partial charge in [-0.2, -0.15) is 0 Å². The molecule has 0 aromatic heterocycles. The highest BCUT2D eigenvalue weighted by Gasteiger charge is 2.30. The fraction of sp³-hybridized carbons (Fsp3) is 0.240. The highest BCUT2D eigenvalue weighted by Crippen LogP contribution is 2.31. The number of carbonyl (C=O) groups is 1. The van der Waals surface area contributed by atoms with Crippen LogP contribution in [0.4, 0.5) is 11.4 Å². The Balaban J connectivity index is 2.04. The molecule has 6 nitrogen and oxygen atoms in total. The van der Waals surface area contributed by atoms with E-state index < -0.39 is 22.5 Å². The minimum absolute atomic E-state index is 0.0158. The second kappa shape index (κ2) is 10.3. The maximum Gasteiger partial charge on any atom is 0.268 e. The van der Waals surface area contributed by atoms with Gasteiger partial charge in [-0.05, 0) is 73.4 Å². The third kappa shape index (κ3) is 5.49. The lowest BCUT2D eigenvalue weighted by molar-refractivity contribution is -0.114. The summed E-state index contributed by atoms with van der Waals surface area (Å²) in [6.07, 6.45) is 0.733. The van der Waals surface area contributed by atoms with E-state index in [2.05, 4.69) is 5.32 Å². The number of amides is 1. The van der Waals surface area contributed by atoms with E-state index in [1.807, 2.05) is 32.0 Å². The van der Waals surface area contributed by atoms with E-state index in [1.165, 1.54) is 13.2 Å². The number of halogens is 1. The molecular weight excluding hydrogens is 460 g/mol. The van der Waals surface area contributed by atoms with Gasteiger partial charge in [-0.3, -0.25) is 9.10 Å². The molecule has 0 heterocycles. The summed E-state index contributed by atoms with van der Waals surface area (Å²) in [7, 11) is -2.73. The number of ether oxygens (including phenoxy) is 1. The molecule has 3 aromatic rings. The van der Waals surface area contributed by atoms with E-state index in [4.69, 9.17) is 16.3 Å². The zero-order valence-corrected chi connectivity index (χ0v) is 20.6. The Labute approximate surface area is 200 Å². The summed E-state index contributed by atoms with van der Waals surface area (Å²) in [6.45, 7) is 5.28. The second-order valence-corrected chi connectivity index (χ2v) is 9.92. The van der Waals surface area contributed by atoms with Gasteiger partial charge in [0, 0.05) is 10.7 Å². The maximum atomic E-state index is 13.8. The third-order valence-electron chi connectivity index (χ3n) is 5.29. The smallest absolute Gasteiger partial charge is 0.268 e. The number of benzene rings is 3. The molecule has 0 bridgehead atoms. The van der Waals surface area contributed by atoms with Crippen molar-refractivity contribution < 1.29 is 17.9 Å². The van der Waals surface area contributed by atoms with E-state index in [0.29, 0.717) is 16.4 Å². The Morgan fingerprint density at radius 1 is 1.06 bits per heavy atom. The molecule has 0 spiro atoms. The SMILES string of the molecule is CCc1cccc(C)c1NC(=O)CN(c1ccc(Cl)cc1)S(=O)(=O)c1cc(C)ccc1OC. The Bertz CT molecular complexity index is 1260. The summed E-state index contributed by atoms with van der Waals surface area (Å²) in [6, 6.07) is 17.0. The van der Waals surface area contributed by atoms with Crippen molar-refractivity contribution in [3.8, 4) is 5.75 Å². The van der Waals surface area contributed by atoms with Crippen LogP contribution >= 0.6 is 11.6 Å². The molecule has 0 atom stereocenters. The standard InChI is InChI=1S/C25H27ClN2O4S/c1-5-19-8-6-7-18(3)25(19)27-24(29)16-28(21-12-10-20(26)11-13-21)33(30,31)23-15-17(2)9-14-22(23)32-4/h6-15H,5,16H2,1-4H3,(H,27,29). The van der Waals surface area contributed by atoms with Gasteiger partial charge in [0.25, 0.3) is 10.0 Å². The van der Waals surface area contributed by atoms with Crippen LogP contribution in [0.1, 0.15) is 23.6 Å². The van der Waals surface area contributed by atoms with Crippen molar-refractivity contribution in [1.29, 1.82) is 0 Å². The molecule has 1 amide bonds. The van der Waals surface area contributed by atoms with Crippen LogP contribution in [-0.4, -0.2) is 28.0 Å². The first-order valence-electron chi connectivity index (χ1n) is 10.5. The lowest BCUT2D eigenvalue weighted by atomic mass is 10.1. The van der Waals surface area contributed by atoms with E-state index in [9.17, 15) is 13.2 Å². The number of para-hydroxylation sites is 1. The minimum Gasteiger partial charge on any atom is -0.495 e. The van der Waals surface area contributed by atoms with Gasteiger partial charge >= 0.3 is 0 Å². The number of hydrogen-bond acceptors (Lipinski definition) is 4. The molecule has 3 rings (SSSR count). The van der Waals surface area contributed by atoms with Crippen LogP contribution < -0.4 is 14.4 Å². The summed E-state index contributed by atoms with van der Waals surface area (Å²) in [5.41, 5.74) is 3.65. The third-order valence-corrected chi connectivity index (χ3v) is 7.34. The average Bonchev–Trinajstić information content (AvgIpc) is 2.79. The Kier molecular flexibility index (Phi) is 7.66. The lowest BCUT2D eigenvalue weighted by Crippen LogP contribution is -2.38. The van der Waals surface area contributed by atoms with Gasteiger partial charge in [0.15, 0.2) is 0 Å². The predicted molar refractivity (Wildman–Crippen MR) is 133 cm³/mol. The minimum atomic E-state index is -4.14. The average molecular weight is 487 g/mol. The number of aryl methyl sites for hydroxylation is 3. The van der Waals surface area contributed by atoms with Crippen molar-refractivity contribution in [2.24, 2.45) is 0 Å². The van der Waals surface area contributed by atoms with Crippen LogP contribution in [0.2, 0.25) is 5.02 Å². The van der Waals surface area contributed by atoms with Crippen LogP contribution in [0, 0.1) is 13.8 Å². The molecule has 8 heteroatoms. The summed E-state index contributed by atoms with van der Waals surface area (Å²) in [5, 5.41) is 3.36. The number of nitrogens with one attached hydrogen (secondary N) is 1. The van der Waals surface area contributed by atoms with Crippen molar-refractivity contribution in [1.82, 2.24) is 0 Å². The van der Waals surface area contributed by atoms with Crippen LogP contribution in [0.25, 0.3) is 0 Å². The van der Waals surface area contributed by atoms with E-state index in [1.54, 1.807) is 43.3 Å². The number of sulfonamides is 1. The Hall–Kier alpha value is -3.03. The fourth-order valence-electron chi connectivity index (χ4n) is 3.54. The molecule has 33 heavy (non-hydrogen) atoms. The van der Waals surface area contributed by atoms with Gasteiger partial charge in [-0.1, -0.05) is 42.8 Å². The Morgan fingerprint density at radius 2 is 1.76 bits per heavy atom. The van der Waals surface area contributed by atoms with Gasteiger partial charge in [0.1, 0.15) is 17.2 Å². The predicted octanol–water partition coefficient (Wildman–Crippen LogP) is 5.36. The fourth-order valence-corrected chi connectivity index (χ4v) is 5.33. The van der Waals surface area contributed by atoms with E-state index >= 15 is 0 Å². The number of nitrogens with zero attached hydrogens (tertiary/aromatic N) is 1. The molecule has 0 unspecified atom stereocenters. The lowest BCUT2D eigenvalue weighted by Gasteiger charge is -2.25. The van der Waals surface area contributed by atoms with E-state index in [0.717, 1.165) is 27.4 Å². The quantitative estimate of drug-likeness (QED) is 0.465. The summed E-state index contributed by atoms with van der Waals surface area (Å²) in [5.74, 6) is -0.253. The highest BCUT2D eigenvalue weighted by molar-refractivity contribution is 7.93. The first-order valence-corrected chi connectivity index (χ1v) is 12.3. The zero-order valence-electron chi connectivity index (χ0n) is 19.1.